The molecule has 0 aromatic heterocycles. The Morgan fingerprint density at radius 3 is 2.79 bits per heavy atom. The van der Waals surface area contributed by atoms with E-state index >= 15 is 0 Å². The number of rotatable bonds is 6. The van der Waals surface area contributed by atoms with Gasteiger partial charge in [0.25, 0.3) is 5.91 Å². The van der Waals surface area contributed by atoms with Crippen LogP contribution in [0.4, 0.5) is 10.5 Å². The number of nitrogens with one attached hydrogen (secondary N) is 3. The molecule has 2 aliphatic heterocycles. The maximum Gasteiger partial charge on any atom is 0.319 e. The lowest BCUT2D eigenvalue weighted by atomic mass is 9.88. The molecule has 8 nitrogen and oxygen atoms in total. The predicted octanol–water partition coefficient (Wildman–Crippen LogP) is 3.38. The van der Waals surface area contributed by atoms with Crippen molar-refractivity contribution in [2.75, 3.05) is 5.32 Å². The van der Waals surface area contributed by atoms with E-state index < -0.39 is 11.6 Å². The molecule has 2 heterocycles. The molecule has 0 saturated heterocycles. The first-order valence-corrected chi connectivity index (χ1v) is 11.1. The molecule has 168 valence electrons. The molecule has 1 saturated carbocycles. The average molecular weight is 463 g/mol. The van der Waals surface area contributed by atoms with E-state index in [-0.39, 0.29) is 11.9 Å². The highest BCUT2D eigenvalue weighted by molar-refractivity contribution is 6.30. The summed E-state index contributed by atoms with van der Waals surface area (Å²) in [6, 6.07) is 14.5. The van der Waals surface area contributed by atoms with E-state index in [0.717, 1.165) is 24.0 Å². The highest BCUT2D eigenvalue weighted by Gasteiger charge is 2.56. The lowest BCUT2D eigenvalue weighted by Gasteiger charge is -2.41. The molecule has 0 bridgehead atoms. The largest absolute Gasteiger partial charge is 0.364 e. The Labute approximate surface area is 196 Å². The number of urea groups is 1. The van der Waals surface area contributed by atoms with Gasteiger partial charge in [-0.25, -0.2) is 4.79 Å². The Hall–Kier alpha value is -3.78. The van der Waals surface area contributed by atoms with E-state index in [1.54, 1.807) is 36.7 Å². The topological polar surface area (TPSA) is 112 Å². The molecular weight excluding hydrogens is 440 g/mol. The van der Waals surface area contributed by atoms with Crippen LogP contribution in [0.5, 0.6) is 0 Å². The number of aliphatic imine (C=N–C) groups is 1. The van der Waals surface area contributed by atoms with Crippen LogP contribution in [0.1, 0.15) is 24.0 Å². The lowest BCUT2D eigenvalue weighted by Crippen LogP contribution is -2.51. The van der Waals surface area contributed by atoms with Crippen molar-refractivity contribution in [3.05, 3.63) is 88.5 Å². The highest BCUT2D eigenvalue weighted by atomic mass is 35.5. The number of primary amides is 1. The number of carbonyl (C=O) groups is 2. The van der Waals surface area contributed by atoms with Crippen molar-refractivity contribution in [3.63, 3.8) is 0 Å². The van der Waals surface area contributed by atoms with Crippen molar-refractivity contribution in [3.8, 4) is 0 Å². The Balaban J connectivity index is 1.43. The number of hydrogen-bond donors (Lipinski definition) is 4. The molecule has 1 aliphatic carbocycles. The fourth-order valence-corrected chi connectivity index (χ4v) is 4.73. The minimum Gasteiger partial charge on any atom is -0.364 e. The molecule has 3 amide bonds. The predicted molar refractivity (Wildman–Crippen MR) is 127 cm³/mol. The average Bonchev–Trinajstić information content (AvgIpc) is 3.60. The minimum absolute atomic E-state index is 0.266. The number of nitrogens with two attached hydrogens (primary N) is 1. The summed E-state index contributed by atoms with van der Waals surface area (Å²) in [5, 5.41) is 9.71. The summed E-state index contributed by atoms with van der Waals surface area (Å²) in [6.45, 7) is 0.297. The first kappa shape index (κ1) is 21.1. The van der Waals surface area contributed by atoms with Gasteiger partial charge in [0.05, 0.1) is 11.9 Å². The molecule has 0 spiro atoms. The van der Waals surface area contributed by atoms with Gasteiger partial charge in [-0.05, 0) is 36.6 Å². The van der Waals surface area contributed by atoms with E-state index in [2.05, 4.69) is 20.9 Å². The van der Waals surface area contributed by atoms with E-state index in [1.165, 1.54) is 0 Å². The van der Waals surface area contributed by atoms with Crippen LogP contribution in [0.15, 0.2) is 77.3 Å². The minimum atomic E-state index is -0.676. The number of hydrogen-bond acceptors (Lipinski definition) is 5. The number of benzene rings is 2. The van der Waals surface area contributed by atoms with Crippen molar-refractivity contribution in [1.29, 1.82) is 0 Å². The second kappa shape index (κ2) is 8.29. The second-order valence-electron chi connectivity index (χ2n) is 8.21. The number of amides is 3. The summed E-state index contributed by atoms with van der Waals surface area (Å²) in [6.07, 6.45) is 7.23. The smallest absolute Gasteiger partial charge is 0.319 e. The molecule has 2 aromatic carbocycles. The van der Waals surface area contributed by atoms with Gasteiger partial charge >= 0.3 is 6.03 Å². The molecule has 5 rings (SSSR count). The monoisotopic (exact) mass is 462 g/mol. The maximum atomic E-state index is 12.5. The number of halogens is 1. The highest BCUT2D eigenvalue weighted by Crippen LogP contribution is 2.53. The van der Waals surface area contributed by atoms with Crippen molar-refractivity contribution >= 4 is 35.4 Å². The fraction of sp³-hybridized carbons (Fsp3) is 0.208. The molecule has 2 aromatic rings. The van der Waals surface area contributed by atoms with E-state index in [1.807, 2.05) is 35.4 Å². The number of carbonyl (C=O) groups excluding carboxylic acids is 2. The van der Waals surface area contributed by atoms with Gasteiger partial charge in [-0.1, -0.05) is 41.9 Å². The Kier molecular flexibility index (Phi) is 5.30. The molecule has 9 heteroatoms. The fourth-order valence-electron chi connectivity index (χ4n) is 4.54. The van der Waals surface area contributed by atoms with Crippen LogP contribution in [0.25, 0.3) is 0 Å². The number of fused-ring (bicyclic) bond motifs is 1. The number of allylic oxidation sites excluding steroid dienone is 1. The van der Waals surface area contributed by atoms with Gasteiger partial charge in [0, 0.05) is 41.1 Å². The summed E-state index contributed by atoms with van der Waals surface area (Å²) in [5.74, 6) is -0.266. The third-order valence-electron chi connectivity index (χ3n) is 6.07. The lowest BCUT2D eigenvalue weighted by molar-refractivity contribution is -0.115. The molecule has 1 unspecified atom stereocenters. The first-order chi connectivity index (χ1) is 16.0. The standard InChI is InChI=1S/C24H23ClN6O2/c25-17-5-3-6-18(12-17)29-23(33)28-13-15-4-1-2-7-19(15)24(16-8-9-16)30-21(22(26)32)20-14-27-10-11-31(20)24/h1-7,10-12,14,16,30H,8-9,13H2,(H2,26,32)(H2,28,29,33). The molecule has 1 atom stereocenters. The van der Waals surface area contributed by atoms with Crippen LogP contribution in [-0.4, -0.2) is 23.1 Å². The molecule has 33 heavy (non-hydrogen) atoms. The summed E-state index contributed by atoms with van der Waals surface area (Å²) in [5.41, 5.74) is 8.53. The molecule has 1 fully saturated rings. The van der Waals surface area contributed by atoms with Crippen LogP contribution in [0, 0.1) is 5.92 Å². The normalized spacial score (nSPS) is 20.9. The molecule has 0 radical (unpaired) electrons. The maximum absolute atomic E-state index is 12.5. The van der Waals surface area contributed by atoms with Gasteiger partial charge in [0.15, 0.2) is 0 Å². The van der Waals surface area contributed by atoms with Crippen LogP contribution >= 0.6 is 11.6 Å². The van der Waals surface area contributed by atoms with Crippen LogP contribution in [0.2, 0.25) is 5.02 Å². The van der Waals surface area contributed by atoms with Gasteiger partial charge < -0.3 is 26.6 Å². The zero-order chi connectivity index (χ0) is 23.0. The van der Waals surface area contributed by atoms with Crippen molar-refractivity contribution in [2.24, 2.45) is 16.6 Å². The Morgan fingerprint density at radius 2 is 2.03 bits per heavy atom. The van der Waals surface area contributed by atoms with Gasteiger partial charge in [0.1, 0.15) is 11.4 Å². The quantitative estimate of drug-likeness (QED) is 0.527. The van der Waals surface area contributed by atoms with Crippen molar-refractivity contribution < 1.29 is 9.59 Å². The molecule has 3 aliphatic rings. The third-order valence-corrected chi connectivity index (χ3v) is 6.31. The van der Waals surface area contributed by atoms with Gasteiger partial charge in [-0.3, -0.25) is 9.79 Å². The number of anilines is 1. The SMILES string of the molecule is NC(=O)C1=C2C=NC=CN2C(c2ccccc2CNC(=O)Nc2cccc(Cl)c2)(C2CC2)N1. The van der Waals surface area contributed by atoms with Gasteiger partial charge in [-0.2, -0.15) is 0 Å². The van der Waals surface area contributed by atoms with E-state index in [4.69, 9.17) is 17.3 Å². The summed E-state index contributed by atoms with van der Waals surface area (Å²) in [4.78, 5) is 31.0. The van der Waals surface area contributed by atoms with E-state index in [9.17, 15) is 9.59 Å². The molecular formula is C24H23ClN6O2. The van der Waals surface area contributed by atoms with Gasteiger partial charge in [-0.15, -0.1) is 0 Å². The zero-order valence-electron chi connectivity index (χ0n) is 17.7. The summed E-state index contributed by atoms with van der Waals surface area (Å²) >= 11 is 6.00. The van der Waals surface area contributed by atoms with Crippen LogP contribution < -0.4 is 21.7 Å². The zero-order valence-corrected chi connectivity index (χ0v) is 18.5. The Morgan fingerprint density at radius 1 is 1.21 bits per heavy atom. The number of nitrogens with zero attached hydrogens (tertiary/aromatic N) is 2. The van der Waals surface area contributed by atoms with E-state index in [0.29, 0.717) is 28.6 Å². The molecule has 5 N–H and O–H groups in total. The van der Waals surface area contributed by atoms with Crippen molar-refractivity contribution in [2.45, 2.75) is 25.0 Å². The van der Waals surface area contributed by atoms with Crippen molar-refractivity contribution in [1.82, 2.24) is 15.5 Å². The second-order valence-corrected chi connectivity index (χ2v) is 8.65. The van der Waals surface area contributed by atoms with Crippen LogP contribution in [0.3, 0.4) is 0 Å². The van der Waals surface area contributed by atoms with Crippen LogP contribution in [-0.2, 0) is 17.0 Å². The van der Waals surface area contributed by atoms with Gasteiger partial charge in [0.2, 0.25) is 0 Å². The first-order valence-electron chi connectivity index (χ1n) is 10.7. The summed E-state index contributed by atoms with van der Waals surface area (Å²) in [7, 11) is 0. The summed E-state index contributed by atoms with van der Waals surface area (Å²) < 4.78 is 0. The third kappa shape index (κ3) is 3.82. The Bertz CT molecular complexity index is 1220.